The van der Waals surface area contributed by atoms with Gasteiger partial charge in [-0.1, -0.05) is 0 Å². The number of carbonyl (C=O) groups is 1. The molecule has 0 aromatic rings. The number of nitrogens with zero attached hydrogens (tertiary/aromatic N) is 1. The summed E-state index contributed by atoms with van der Waals surface area (Å²) in [5, 5.41) is 12.8. The van der Waals surface area contributed by atoms with E-state index >= 15 is 0 Å². The van der Waals surface area contributed by atoms with Crippen LogP contribution in [0.4, 0.5) is 0 Å². The second-order valence-electron chi connectivity index (χ2n) is 2.46. The summed E-state index contributed by atoms with van der Waals surface area (Å²) in [6, 6.07) is 0. The molecule has 0 amide bonds. The van der Waals surface area contributed by atoms with E-state index in [-0.39, 0.29) is 24.8 Å². The van der Waals surface area contributed by atoms with Crippen molar-refractivity contribution in [2.24, 2.45) is 11.8 Å². The summed E-state index contributed by atoms with van der Waals surface area (Å²) in [6.07, 6.45) is 1.62. The predicted octanol–water partition coefficient (Wildman–Crippen LogP) is 0.128. The van der Waals surface area contributed by atoms with E-state index in [0.717, 1.165) is 0 Å². The van der Waals surface area contributed by atoms with E-state index in [4.69, 9.17) is 10.9 Å². The molecule has 78 valence electrons. The van der Waals surface area contributed by atoms with Gasteiger partial charge < -0.3 is 10.4 Å². The summed E-state index contributed by atoms with van der Waals surface area (Å²) < 4.78 is 0. The number of aliphatic carboxylic acids is 1. The zero-order valence-corrected chi connectivity index (χ0v) is 8.69. The maximum absolute atomic E-state index is 10.5. The summed E-state index contributed by atoms with van der Waals surface area (Å²) in [5.74, 6) is 4.05. The molecule has 0 aromatic carbocycles. The summed E-state index contributed by atoms with van der Waals surface area (Å²) in [5.41, 5.74) is 0.609. The van der Waals surface area contributed by atoms with Gasteiger partial charge in [0.15, 0.2) is 0 Å². The van der Waals surface area contributed by atoms with Crippen molar-refractivity contribution in [3.05, 3.63) is 11.9 Å². The van der Waals surface area contributed by atoms with Crippen molar-refractivity contribution >= 4 is 30.8 Å². The topological polar surface area (TPSA) is 78.6 Å². The van der Waals surface area contributed by atoms with Crippen molar-refractivity contribution in [2.75, 3.05) is 6.67 Å². The molecule has 1 aliphatic heterocycles. The van der Waals surface area contributed by atoms with E-state index in [1.807, 2.05) is 0 Å². The smallest absolute Gasteiger partial charge is 0.312 e. The van der Waals surface area contributed by atoms with Gasteiger partial charge in [-0.15, -0.1) is 24.8 Å². The van der Waals surface area contributed by atoms with Crippen molar-refractivity contribution in [3.63, 3.8) is 0 Å². The van der Waals surface area contributed by atoms with Gasteiger partial charge in [-0.2, -0.15) is 0 Å². The molecule has 13 heavy (non-hydrogen) atoms. The number of nitrogens with one attached hydrogen (secondary N) is 1. The number of halogens is 2. The molecule has 0 fully saturated rings. The van der Waals surface area contributed by atoms with Gasteiger partial charge in [0.1, 0.15) is 6.67 Å². The minimum absolute atomic E-state index is 0. The summed E-state index contributed by atoms with van der Waals surface area (Å²) >= 11 is 0. The highest BCUT2D eigenvalue weighted by molar-refractivity contribution is 5.85. The van der Waals surface area contributed by atoms with Crippen LogP contribution >= 0.6 is 24.8 Å². The Morgan fingerprint density at radius 3 is 2.62 bits per heavy atom. The molecular formula is C6H13Cl2N3O2. The lowest BCUT2D eigenvalue weighted by molar-refractivity contribution is -0.140. The first-order valence-corrected chi connectivity index (χ1v) is 3.31. The Kier molecular flexibility index (Phi) is 6.75. The van der Waals surface area contributed by atoms with Crippen LogP contribution in [0.15, 0.2) is 11.9 Å². The van der Waals surface area contributed by atoms with E-state index in [2.05, 4.69) is 5.32 Å². The number of nitrogens with two attached hydrogens (primary N) is 1. The SMILES string of the molecule is CC(C(=O)O)C1=CNCN1N.Cl.Cl. The molecular weight excluding hydrogens is 217 g/mol. The van der Waals surface area contributed by atoms with Crippen LogP contribution in [-0.2, 0) is 4.79 Å². The fraction of sp³-hybridized carbons (Fsp3) is 0.500. The Balaban J connectivity index is 0. The van der Waals surface area contributed by atoms with E-state index in [9.17, 15) is 4.79 Å². The highest BCUT2D eigenvalue weighted by Crippen LogP contribution is 2.14. The van der Waals surface area contributed by atoms with Crippen LogP contribution in [0, 0.1) is 5.92 Å². The molecule has 5 nitrogen and oxygen atoms in total. The fourth-order valence-electron chi connectivity index (χ4n) is 0.923. The standard InChI is InChI=1S/C6H11N3O2.2ClH/c1-4(6(10)11)5-2-8-3-9(5)7;;/h2,4,8H,3,7H2,1H3,(H,10,11);2*1H. The van der Waals surface area contributed by atoms with Crippen LogP contribution in [0.1, 0.15) is 6.92 Å². The largest absolute Gasteiger partial charge is 0.481 e. The molecule has 4 N–H and O–H groups in total. The van der Waals surface area contributed by atoms with Gasteiger partial charge in [0.2, 0.25) is 0 Å². The molecule has 1 unspecified atom stereocenters. The number of carboxylic acids is 1. The molecule has 7 heteroatoms. The summed E-state index contributed by atoms with van der Waals surface area (Å²) in [4.78, 5) is 10.5. The van der Waals surface area contributed by atoms with Crippen molar-refractivity contribution in [1.82, 2.24) is 10.3 Å². The van der Waals surface area contributed by atoms with Gasteiger partial charge in [-0.05, 0) is 6.92 Å². The second kappa shape index (κ2) is 5.90. The van der Waals surface area contributed by atoms with Gasteiger partial charge in [0, 0.05) is 6.20 Å². The van der Waals surface area contributed by atoms with Gasteiger partial charge in [0.25, 0.3) is 0 Å². The highest BCUT2D eigenvalue weighted by atomic mass is 35.5. The Hall–Kier alpha value is -0.650. The number of carboxylic acid groups (broad SMARTS) is 1. The molecule has 0 saturated carbocycles. The Bertz CT molecular complexity index is 210. The Labute approximate surface area is 88.8 Å². The lowest BCUT2D eigenvalue weighted by Gasteiger charge is -2.16. The van der Waals surface area contributed by atoms with Crippen LogP contribution in [0.5, 0.6) is 0 Å². The van der Waals surface area contributed by atoms with Crippen LogP contribution in [0.2, 0.25) is 0 Å². The first-order chi connectivity index (χ1) is 5.13. The fourth-order valence-corrected chi connectivity index (χ4v) is 0.923. The van der Waals surface area contributed by atoms with Gasteiger partial charge in [-0.25, -0.2) is 5.84 Å². The third-order valence-electron chi connectivity index (χ3n) is 1.66. The quantitative estimate of drug-likeness (QED) is 0.587. The normalized spacial score (nSPS) is 16.2. The van der Waals surface area contributed by atoms with Crippen molar-refractivity contribution < 1.29 is 9.90 Å². The van der Waals surface area contributed by atoms with E-state index in [1.165, 1.54) is 5.01 Å². The lowest BCUT2D eigenvalue weighted by atomic mass is 10.1. The Morgan fingerprint density at radius 1 is 1.77 bits per heavy atom. The van der Waals surface area contributed by atoms with Crippen LogP contribution < -0.4 is 11.2 Å². The summed E-state index contributed by atoms with van der Waals surface area (Å²) in [7, 11) is 0. The number of rotatable bonds is 2. The first-order valence-electron chi connectivity index (χ1n) is 3.31. The summed E-state index contributed by atoms with van der Waals surface area (Å²) in [6.45, 7) is 2.08. The molecule has 0 spiro atoms. The minimum Gasteiger partial charge on any atom is -0.481 e. The van der Waals surface area contributed by atoms with Gasteiger partial charge in [0.05, 0.1) is 11.6 Å². The molecule has 0 radical (unpaired) electrons. The zero-order chi connectivity index (χ0) is 8.43. The third-order valence-corrected chi connectivity index (χ3v) is 1.66. The third kappa shape index (κ3) is 3.30. The average molecular weight is 230 g/mol. The van der Waals surface area contributed by atoms with Crippen LogP contribution in [-0.4, -0.2) is 22.8 Å². The van der Waals surface area contributed by atoms with E-state index in [1.54, 1.807) is 13.1 Å². The highest BCUT2D eigenvalue weighted by Gasteiger charge is 2.22. The number of hydrogen-bond acceptors (Lipinski definition) is 4. The average Bonchev–Trinajstić information content (AvgIpc) is 2.33. The van der Waals surface area contributed by atoms with Gasteiger partial charge >= 0.3 is 5.97 Å². The van der Waals surface area contributed by atoms with E-state index < -0.39 is 11.9 Å². The van der Waals surface area contributed by atoms with Gasteiger partial charge in [-0.3, -0.25) is 9.80 Å². The maximum Gasteiger partial charge on any atom is 0.312 e. The molecule has 0 aliphatic carbocycles. The van der Waals surface area contributed by atoms with Crippen LogP contribution in [0.3, 0.4) is 0 Å². The van der Waals surface area contributed by atoms with Crippen molar-refractivity contribution in [1.29, 1.82) is 0 Å². The molecule has 1 rings (SSSR count). The predicted molar refractivity (Wildman–Crippen MR) is 53.4 cm³/mol. The van der Waals surface area contributed by atoms with E-state index in [0.29, 0.717) is 12.4 Å². The van der Waals surface area contributed by atoms with Crippen molar-refractivity contribution in [3.8, 4) is 0 Å². The second-order valence-corrected chi connectivity index (χ2v) is 2.46. The maximum atomic E-state index is 10.5. The van der Waals surface area contributed by atoms with Crippen LogP contribution in [0.25, 0.3) is 0 Å². The monoisotopic (exact) mass is 229 g/mol. The number of hydrazine groups is 1. The molecule has 1 heterocycles. The molecule has 0 aromatic heterocycles. The first kappa shape index (κ1) is 14.9. The number of hydrogen-bond donors (Lipinski definition) is 3. The van der Waals surface area contributed by atoms with Crippen molar-refractivity contribution in [2.45, 2.75) is 6.92 Å². The molecule has 1 aliphatic rings. The minimum atomic E-state index is -0.865. The zero-order valence-electron chi connectivity index (χ0n) is 7.06. The molecule has 0 saturated heterocycles. The molecule has 0 bridgehead atoms. The molecule has 1 atom stereocenters. The Morgan fingerprint density at radius 2 is 2.31 bits per heavy atom. The lowest BCUT2D eigenvalue weighted by Crippen LogP contribution is -2.34.